The fraction of sp³-hybridized carbons (Fsp3) is 0. The Labute approximate surface area is 510 Å². The van der Waals surface area contributed by atoms with Gasteiger partial charge in [-0.05, 0) is 0 Å². The summed E-state index contributed by atoms with van der Waals surface area (Å²) in [5.74, 6) is 0. The minimum absolute atomic E-state index is 0. The van der Waals surface area contributed by atoms with Crippen LogP contribution in [-0.4, -0.2) is 373 Å². The molecule has 0 aliphatic rings. The van der Waals surface area contributed by atoms with E-state index in [1.165, 1.54) is 0 Å². The third-order valence-electron chi connectivity index (χ3n) is 0. The molecule has 0 spiro atoms. The number of rotatable bonds is 0. The first-order valence-corrected chi connectivity index (χ1v) is 0. The van der Waals surface area contributed by atoms with Crippen LogP contribution in [0.1, 0.15) is 0 Å². The van der Waals surface area contributed by atoms with Crippen molar-refractivity contribution in [1.82, 2.24) is 0 Å². The third kappa shape index (κ3) is 1410. The monoisotopic (exact) mass is 1050 g/mol. The Bertz CT molecular complexity index is 59.7. The molecule has 0 aliphatic carbocycles. The summed E-state index contributed by atoms with van der Waals surface area (Å²) in [5, 5.41) is 0. The van der Waals surface area contributed by atoms with E-state index in [1.807, 2.05) is 0 Å². The Morgan fingerprint density at radius 2 is 0.0870 bits per heavy atom. The summed E-state index contributed by atoms with van der Waals surface area (Å²) in [5.41, 5.74) is 0. The molecule has 0 saturated carbocycles. The maximum atomic E-state index is 0. The van der Waals surface area contributed by atoms with Crippen molar-refractivity contribution in [2.75, 3.05) is 0 Å². The van der Waals surface area contributed by atoms with Crippen molar-refractivity contribution in [1.29, 1.82) is 0 Å². The molecular weight excluding hydrogens is 1050 g/mol. The van der Waals surface area contributed by atoms with Gasteiger partial charge in [0.1, 0.15) is 0 Å². The van der Waals surface area contributed by atoms with E-state index < -0.39 is 0 Å². The first-order valence-electron chi connectivity index (χ1n) is 0. The van der Waals surface area contributed by atoms with Crippen LogP contribution in [0.3, 0.4) is 0 Å². The molecule has 46 heteroatoms. The number of hydrogen-bond acceptors (Lipinski definition) is 0. The summed E-state index contributed by atoms with van der Waals surface area (Å²) >= 11 is 0. The van der Waals surface area contributed by atoms with Crippen molar-refractivity contribution in [2.45, 2.75) is 0 Å². The van der Waals surface area contributed by atoms with Crippen molar-refractivity contribution in [2.24, 2.45) is 0 Å². The van der Waals surface area contributed by atoms with E-state index in [2.05, 4.69) is 0 Å². The van der Waals surface area contributed by atoms with E-state index >= 15 is 0 Å². The van der Waals surface area contributed by atoms with E-state index in [-0.39, 0.29) is 521 Å². The minimum Gasteiger partial charge on any atom is -2.00 e. The largest absolute Gasteiger partial charge is 3.00 e. The first-order chi connectivity index (χ1) is 0. The van der Waals surface area contributed by atoms with Crippen LogP contribution in [0, 0.1) is 0 Å². The van der Waals surface area contributed by atoms with Crippen molar-refractivity contribution in [3.63, 3.8) is 0 Å². The zero-order valence-electron chi connectivity index (χ0n) is 22.4. The standard InChI is InChI=1S/16Al.Ba.2Mg.27O/q16*+3;3*+2;27*-2. The molecule has 0 fully saturated rings. The SMILES string of the molecule is [Al+3].[Al+3].[Al+3].[Al+3].[Al+3].[Al+3].[Al+3].[Al+3].[Al+3].[Al+3].[Al+3].[Al+3].[Al+3].[Al+3].[Al+3].[Al+3].[Ba+2].[Mg+2].[Mg+2].[O-2].[O-2].[O-2].[O-2].[O-2].[O-2].[O-2].[O-2].[O-2].[O-2].[O-2].[O-2].[O-2].[O-2].[O-2].[O-2].[O-2].[O-2].[O-2].[O-2].[O-2].[O-2].[O-2].[O-2].[O-2].[O-2].[O-2]. The molecule has 0 aromatic rings. The van der Waals surface area contributed by atoms with Gasteiger partial charge in [0.2, 0.25) is 0 Å². The van der Waals surface area contributed by atoms with Gasteiger partial charge in [-0.1, -0.05) is 0 Å². The molecule has 27 nitrogen and oxygen atoms in total. The Morgan fingerprint density at radius 3 is 0.0870 bits per heavy atom. The summed E-state index contributed by atoms with van der Waals surface area (Å²) < 4.78 is 0. The van der Waals surface area contributed by atoms with Crippen LogP contribution < -0.4 is 0 Å². The molecular formula is Al16BaMg2O27. The number of hydrogen-bond donors (Lipinski definition) is 0. The Balaban J connectivity index is 0. The second-order valence-electron chi connectivity index (χ2n) is 0. The molecule has 0 aliphatic heterocycles. The van der Waals surface area contributed by atoms with Crippen molar-refractivity contribution in [3.8, 4) is 0 Å². The van der Waals surface area contributed by atoms with Gasteiger partial charge in [-0.2, -0.15) is 0 Å². The normalized spacial score (nSPS) is 0. The van der Waals surface area contributed by atoms with Crippen LogP contribution in [-0.2, 0) is 148 Å². The van der Waals surface area contributed by atoms with Crippen LogP contribution in [0.5, 0.6) is 0 Å². The predicted octanol–water partition coefficient (Wildman–Crippen LogP) is -10.4. The first kappa shape index (κ1) is 1570. The Kier molecular flexibility index (Phi) is 50700. The van der Waals surface area contributed by atoms with E-state index in [1.54, 1.807) is 0 Å². The van der Waals surface area contributed by atoms with Gasteiger partial charge >= 0.3 is 373 Å². The topological polar surface area (TPSA) is 770 Å². The predicted molar refractivity (Wildman–Crippen MR) is 128 cm³/mol. The summed E-state index contributed by atoms with van der Waals surface area (Å²) in [7, 11) is 0. The molecule has 216 valence electrons. The average molecular weight is 1050 g/mol. The quantitative estimate of drug-likeness (QED) is 0.204. The summed E-state index contributed by atoms with van der Waals surface area (Å²) in [4.78, 5) is 0. The van der Waals surface area contributed by atoms with Crippen molar-refractivity contribution >= 4 is 373 Å². The van der Waals surface area contributed by atoms with Gasteiger partial charge < -0.3 is 148 Å². The minimum atomic E-state index is 0. The fourth-order valence-electron chi connectivity index (χ4n) is 0. The molecule has 0 unspecified atom stereocenters. The Morgan fingerprint density at radius 1 is 0.0870 bits per heavy atom. The average Bonchev–Trinajstić information content (AvgIpc) is 0. The van der Waals surface area contributed by atoms with Gasteiger partial charge in [-0.3, -0.25) is 0 Å². The fourth-order valence-corrected chi connectivity index (χ4v) is 0. The summed E-state index contributed by atoms with van der Waals surface area (Å²) in [6.07, 6.45) is 0. The van der Waals surface area contributed by atoms with Gasteiger partial charge in [0, 0.05) is 0 Å². The van der Waals surface area contributed by atoms with Crippen LogP contribution in [0.4, 0.5) is 0 Å². The molecule has 0 atom stereocenters. The maximum absolute atomic E-state index is 0. The molecule has 0 N–H and O–H groups in total. The van der Waals surface area contributed by atoms with Crippen LogP contribution in [0.2, 0.25) is 0 Å². The smallest absolute Gasteiger partial charge is 2.00 e. The van der Waals surface area contributed by atoms with Gasteiger partial charge in [-0.15, -0.1) is 0 Å². The molecule has 0 bridgehead atoms. The van der Waals surface area contributed by atoms with E-state index in [4.69, 9.17) is 0 Å². The second kappa shape index (κ2) is 1490. The third-order valence-corrected chi connectivity index (χ3v) is 0. The molecule has 0 saturated heterocycles. The van der Waals surface area contributed by atoms with Gasteiger partial charge in [-0.25, -0.2) is 0 Å². The molecule has 46 heavy (non-hydrogen) atoms. The van der Waals surface area contributed by atoms with Crippen LogP contribution in [0.15, 0.2) is 0 Å². The maximum Gasteiger partial charge on any atom is 3.00 e. The van der Waals surface area contributed by atoms with E-state index in [0.717, 1.165) is 0 Å². The molecule has 0 radical (unpaired) electrons. The van der Waals surface area contributed by atoms with Crippen LogP contribution >= 0.6 is 0 Å². The van der Waals surface area contributed by atoms with E-state index in [9.17, 15) is 0 Å². The van der Waals surface area contributed by atoms with Gasteiger partial charge in [0.15, 0.2) is 0 Å². The molecule has 0 heterocycles. The van der Waals surface area contributed by atoms with Gasteiger partial charge in [0.05, 0.1) is 0 Å². The van der Waals surface area contributed by atoms with E-state index in [0.29, 0.717) is 0 Å². The van der Waals surface area contributed by atoms with Crippen LogP contribution in [0.25, 0.3) is 0 Å². The van der Waals surface area contributed by atoms with Crippen molar-refractivity contribution < 1.29 is 148 Å². The Hall–Kier alpha value is 10.5. The van der Waals surface area contributed by atoms with Crippen molar-refractivity contribution in [3.05, 3.63) is 0 Å². The molecule has 0 amide bonds. The molecule has 0 aromatic heterocycles. The summed E-state index contributed by atoms with van der Waals surface area (Å²) in [6, 6.07) is 0. The summed E-state index contributed by atoms with van der Waals surface area (Å²) in [6.45, 7) is 0. The molecule has 0 aromatic carbocycles. The zero-order valence-corrected chi connectivity index (χ0v) is 48.1. The second-order valence-corrected chi connectivity index (χ2v) is 0. The zero-order chi connectivity index (χ0) is 0. The molecule has 0 rings (SSSR count). The van der Waals surface area contributed by atoms with Gasteiger partial charge in [0.25, 0.3) is 0 Å².